The number of halogens is 2. The molecule has 11 heteroatoms. The number of hydrogen-bond donors (Lipinski definition) is 2. The average Bonchev–Trinajstić information content (AvgIpc) is 3.22. The molecule has 226 valence electrons. The van der Waals surface area contributed by atoms with Crippen LogP contribution in [-0.4, -0.2) is 56.0 Å². The van der Waals surface area contributed by atoms with Crippen molar-refractivity contribution in [3.05, 3.63) is 95.1 Å². The highest BCUT2D eigenvalue weighted by Gasteiger charge is 2.58. The van der Waals surface area contributed by atoms with E-state index in [9.17, 15) is 31.9 Å². The number of piperidine rings is 1. The molecule has 2 heterocycles. The predicted octanol–water partition coefficient (Wildman–Crippen LogP) is 4.69. The third kappa shape index (κ3) is 5.29. The first-order valence-corrected chi connectivity index (χ1v) is 15.9. The van der Waals surface area contributed by atoms with Crippen molar-refractivity contribution >= 4 is 27.6 Å². The van der Waals surface area contributed by atoms with E-state index in [1.807, 2.05) is 4.90 Å². The second-order valence-electron chi connectivity index (χ2n) is 11.7. The minimum absolute atomic E-state index is 0.00630. The van der Waals surface area contributed by atoms with E-state index in [4.69, 9.17) is 0 Å². The van der Waals surface area contributed by atoms with Crippen molar-refractivity contribution in [1.29, 1.82) is 0 Å². The van der Waals surface area contributed by atoms with Crippen LogP contribution in [-0.2, 0) is 26.8 Å². The quantitative estimate of drug-likeness (QED) is 0.384. The van der Waals surface area contributed by atoms with E-state index in [0.29, 0.717) is 42.7 Å². The lowest BCUT2D eigenvalue weighted by Gasteiger charge is -2.49. The van der Waals surface area contributed by atoms with Gasteiger partial charge >= 0.3 is 5.97 Å². The summed E-state index contributed by atoms with van der Waals surface area (Å²) in [4.78, 5) is 26.6. The number of likely N-dealkylation sites (tertiary alicyclic amines) is 1. The van der Waals surface area contributed by atoms with Crippen molar-refractivity contribution in [2.45, 2.75) is 55.0 Å². The molecule has 8 nitrogen and oxygen atoms in total. The average molecular weight is 610 g/mol. The van der Waals surface area contributed by atoms with E-state index in [-0.39, 0.29) is 23.9 Å². The molecular weight excluding hydrogens is 576 g/mol. The van der Waals surface area contributed by atoms with Crippen LogP contribution in [0.25, 0.3) is 0 Å². The van der Waals surface area contributed by atoms with Gasteiger partial charge < -0.3 is 10.4 Å². The van der Waals surface area contributed by atoms with Crippen molar-refractivity contribution in [1.82, 2.24) is 10.2 Å². The number of nitrogens with zero attached hydrogens (tertiary/aromatic N) is 2. The summed E-state index contributed by atoms with van der Waals surface area (Å²) in [6.45, 7) is 0.812. The van der Waals surface area contributed by atoms with Crippen molar-refractivity contribution in [3.63, 3.8) is 0 Å². The Morgan fingerprint density at radius 2 is 1.67 bits per heavy atom. The van der Waals surface area contributed by atoms with E-state index < -0.39 is 45.0 Å². The summed E-state index contributed by atoms with van der Waals surface area (Å²) in [5, 5.41) is 12.2. The van der Waals surface area contributed by atoms with Crippen LogP contribution in [0.5, 0.6) is 0 Å². The number of aliphatic carboxylic acids is 1. The molecule has 0 bridgehead atoms. The Labute approximate surface area is 249 Å². The third-order valence-corrected chi connectivity index (χ3v) is 11.1. The van der Waals surface area contributed by atoms with Crippen molar-refractivity contribution in [3.8, 4) is 0 Å². The number of carbonyl (C=O) groups is 2. The number of amides is 1. The number of carboxylic acid groups (broad SMARTS) is 1. The van der Waals surface area contributed by atoms with Crippen LogP contribution in [0.1, 0.15) is 53.6 Å². The molecule has 2 aliphatic heterocycles. The number of anilines is 1. The van der Waals surface area contributed by atoms with Gasteiger partial charge in [0, 0.05) is 23.1 Å². The predicted molar refractivity (Wildman–Crippen MR) is 156 cm³/mol. The number of carbonyl (C=O) groups excluding carboxylic acids is 1. The maximum atomic E-state index is 14.3. The molecule has 1 spiro atoms. The fourth-order valence-electron chi connectivity index (χ4n) is 6.99. The molecule has 0 aromatic heterocycles. The summed E-state index contributed by atoms with van der Waals surface area (Å²) < 4.78 is 58.1. The summed E-state index contributed by atoms with van der Waals surface area (Å²) >= 11 is 0. The van der Waals surface area contributed by atoms with Crippen LogP contribution >= 0.6 is 0 Å². The van der Waals surface area contributed by atoms with Gasteiger partial charge in [-0.2, -0.15) is 0 Å². The van der Waals surface area contributed by atoms with Gasteiger partial charge in [0.15, 0.2) is 0 Å². The molecule has 1 amide bonds. The standard InChI is InChI=1S/C32H33F2N3O5S/c33-24-9-11-25(12-10-24)43(41,42)37-28-13-8-22(31(40)35-19-23-4-1-2-7-27(23)34)18-26(28)32(30(37)21-5-3-6-21)14-16-36(17-15-32)20-29(38)39/h1-2,4,7-13,18,21,30H,3,5-6,14-17,19-20H2,(H,35,40)(H,38,39). The van der Waals surface area contributed by atoms with E-state index >= 15 is 0 Å². The SMILES string of the molecule is O=C(O)CN1CCC2(CC1)c1cc(C(=O)NCc3ccccc3F)ccc1N(S(=O)(=O)c1ccc(F)cc1)C2C1CCC1. The largest absolute Gasteiger partial charge is 0.480 e. The lowest BCUT2D eigenvalue weighted by atomic mass is 9.62. The highest BCUT2D eigenvalue weighted by molar-refractivity contribution is 7.92. The summed E-state index contributed by atoms with van der Waals surface area (Å²) in [6.07, 6.45) is 3.72. The zero-order valence-corrected chi connectivity index (χ0v) is 24.3. The van der Waals surface area contributed by atoms with Gasteiger partial charge in [-0.15, -0.1) is 0 Å². The summed E-state index contributed by atoms with van der Waals surface area (Å²) in [5.41, 5.74) is 1.25. The Balaban J connectivity index is 1.42. The highest BCUT2D eigenvalue weighted by Crippen LogP contribution is 2.57. The first kappa shape index (κ1) is 29.3. The Kier molecular flexibility index (Phi) is 7.72. The Bertz CT molecular complexity index is 1650. The van der Waals surface area contributed by atoms with Gasteiger partial charge in [0.2, 0.25) is 0 Å². The summed E-state index contributed by atoms with van der Waals surface area (Å²) in [6, 6.07) is 15.6. The van der Waals surface area contributed by atoms with Gasteiger partial charge in [0.25, 0.3) is 15.9 Å². The third-order valence-electron chi connectivity index (χ3n) is 9.32. The van der Waals surface area contributed by atoms with E-state index in [2.05, 4.69) is 5.32 Å². The molecule has 1 saturated carbocycles. The fraction of sp³-hybridized carbons (Fsp3) is 0.375. The number of nitrogens with one attached hydrogen (secondary N) is 1. The zero-order valence-electron chi connectivity index (χ0n) is 23.5. The van der Waals surface area contributed by atoms with Crippen molar-refractivity contribution in [2.24, 2.45) is 5.92 Å². The van der Waals surface area contributed by atoms with E-state index in [0.717, 1.165) is 37.0 Å². The number of rotatable bonds is 8. The van der Waals surface area contributed by atoms with Crippen LogP contribution in [0.3, 0.4) is 0 Å². The minimum Gasteiger partial charge on any atom is -0.480 e. The maximum Gasteiger partial charge on any atom is 0.317 e. The lowest BCUT2D eigenvalue weighted by Crippen LogP contribution is -2.57. The Morgan fingerprint density at radius 3 is 2.30 bits per heavy atom. The first-order chi connectivity index (χ1) is 20.6. The van der Waals surface area contributed by atoms with Crippen LogP contribution in [0, 0.1) is 17.6 Å². The summed E-state index contributed by atoms with van der Waals surface area (Å²) in [5.74, 6) is -2.22. The molecule has 1 aliphatic carbocycles. The van der Waals surface area contributed by atoms with E-state index in [1.54, 1.807) is 36.4 Å². The van der Waals surface area contributed by atoms with Crippen LogP contribution in [0.15, 0.2) is 71.6 Å². The molecule has 6 rings (SSSR count). The lowest BCUT2D eigenvalue weighted by molar-refractivity contribution is -0.138. The molecule has 1 unspecified atom stereocenters. The fourth-order valence-corrected chi connectivity index (χ4v) is 8.78. The molecule has 0 radical (unpaired) electrons. The molecule has 3 aromatic rings. The topological polar surface area (TPSA) is 107 Å². The summed E-state index contributed by atoms with van der Waals surface area (Å²) in [7, 11) is -4.11. The van der Waals surface area contributed by atoms with Gasteiger partial charge in [-0.05, 0) is 98.8 Å². The van der Waals surface area contributed by atoms with Gasteiger partial charge in [-0.1, -0.05) is 24.6 Å². The highest BCUT2D eigenvalue weighted by atomic mass is 32.2. The normalized spacial score (nSPS) is 20.0. The minimum atomic E-state index is -4.11. The molecular formula is C32H33F2N3O5S. The molecule has 3 aliphatic rings. The second kappa shape index (κ2) is 11.3. The molecule has 2 N–H and O–H groups in total. The smallest absolute Gasteiger partial charge is 0.317 e. The zero-order chi connectivity index (χ0) is 30.4. The Hall–Kier alpha value is -3.83. The van der Waals surface area contributed by atoms with E-state index in [1.165, 1.54) is 22.5 Å². The van der Waals surface area contributed by atoms with Crippen molar-refractivity contribution in [2.75, 3.05) is 23.9 Å². The van der Waals surface area contributed by atoms with Crippen molar-refractivity contribution < 1.29 is 31.9 Å². The van der Waals surface area contributed by atoms with Gasteiger partial charge in [0.1, 0.15) is 11.6 Å². The molecule has 3 aromatic carbocycles. The van der Waals surface area contributed by atoms with Crippen LogP contribution in [0.2, 0.25) is 0 Å². The molecule has 1 atom stereocenters. The maximum absolute atomic E-state index is 14.3. The van der Waals surface area contributed by atoms with Crippen LogP contribution < -0.4 is 9.62 Å². The monoisotopic (exact) mass is 609 g/mol. The second-order valence-corrected chi connectivity index (χ2v) is 13.5. The van der Waals surface area contributed by atoms with Gasteiger partial charge in [-0.25, -0.2) is 17.2 Å². The number of sulfonamides is 1. The number of hydrogen-bond acceptors (Lipinski definition) is 5. The van der Waals surface area contributed by atoms with Gasteiger partial charge in [0.05, 0.1) is 23.2 Å². The first-order valence-electron chi connectivity index (χ1n) is 14.5. The molecule has 43 heavy (non-hydrogen) atoms. The Morgan fingerprint density at radius 1 is 0.977 bits per heavy atom. The molecule has 1 saturated heterocycles. The van der Waals surface area contributed by atoms with Gasteiger partial charge in [-0.3, -0.25) is 18.8 Å². The molecule has 2 fully saturated rings. The van der Waals surface area contributed by atoms with Crippen LogP contribution in [0.4, 0.5) is 14.5 Å². The number of fused-ring (bicyclic) bond motifs is 2. The number of carboxylic acids is 1. The number of benzene rings is 3.